The van der Waals surface area contributed by atoms with Crippen LogP contribution < -0.4 is 15.0 Å². The number of hydrogen-bond acceptors (Lipinski definition) is 7. The molecule has 9 heteroatoms. The van der Waals surface area contributed by atoms with Crippen LogP contribution in [0.15, 0.2) is 36.5 Å². The third-order valence-corrected chi connectivity index (χ3v) is 6.31. The summed E-state index contributed by atoms with van der Waals surface area (Å²) >= 11 is 0. The van der Waals surface area contributed by atoms with E-state index in [1.165, 1.54) is 12.1 Å². The van der Waals surface area contributed by atoms with Gasteiger partial charge in [-0.1, -0.05) is 0 Å². The molecule has 0 radical (unpaired) electrons. The van der Waals surface area contributed by atoms with E-state index in [0.717, 1.165) is 68.1 Å². The second-order valence-electron chi connectivity index (χ2n) is 9.00. The number of ether oxygens (including phenoxy) is 1. The predicted molar refractivity (Wildman–Crippen MR) is 137 cm³/mol. The Hall–Kier alpha value is -3.46. The summed E-state index contributed by atoms with van der Waals surface area (Å²) in [5.41, 5.74) is 3.79. The van der Waals surface area contributed by atoms with Gasteiger partial charge in [-0.25, -0.2) is 14.4 Å². The number of anilines is 2. The molecule has 1 saturated heterocycles. The summed E-state index contributed by atoms with van der Waals surface area (Å²) in [6.45, 7) is 7.16. The monoisotopic (exact) mass is 480 g/mol. The van der Waals surface area contributed by atoms with Gasteiger partial charge in [0.2, 0.25) is 0 Å². The van der Waals surface area contributed by atoms with E-state index in [2.05, 4.69) is 25.1 Å². The number of halogens is 1. The number of aromatic nitrogens is 2. The summed E-state index contributed by atoms with van der Waals surface area (Å²) in [6.07, 6.45) is 2.54. The van der Waals surface area contributed by atoms with Crippen molar-refractivity contribution >= 4 is 28.3 Å². The second-order valence-corrected chi connectivity index (χ2v) is 9.00. The average Bonchev–Trinajstić information content (AvgIpc) is 2.86. The van der Waals surface area contributed by atoms with Crippen LogP contribution in [0.25, 0.3) is 11.0 Å². The van der Waals surface area contributed by atoms with Gasteiger partial charge in [0.25, 0.3) is 5.91 Å². The third-order valence-electron chi connectivity index (χ3n) is 6.31. The minimum atomic E-state index is -0.292. The van der Waals surface area contributed by atoms with Crippen molar-refractivity contribution < 1.29 is 13.9 Å². The number of benzene rings is 1. The van der Waals surface area contributed by atoms with Gasteiger partial charge in [0.1, 0.15) is 11.6 Å². The first-order valence-corrected chi connectivity index (χ1v) is 11.9. The molecular formula is C26H33FN6O2. The van der Waals surface area contributed by atoms with Gasteiger partial charge in [-0.15, -0.1) is 0 Å². The number of piperazine rings is 1. The van der Waals surface area contributed by atoms with E-state index in [4.69, 9.17) is 4.74 Å². The summed E-state index contributed by atoms with van der Waals surface area (Å²) in [5.74, 6) is 0.190. The molecule has 186 valence electrons. The van der Waals surface area contributed by atoms with Crippen molar-refractivity contribution in [2.45, 2.75) is 13.3 Å². The van der Waals surface area contributed by atoms with Crippen LogP contribution >= 0.6 is 0 Å². The van der Waals surface area contributed by atoms with E-state index in [1.807, 2.05) is 19.1 Å². The largest absolute Gasteiger partial charge is 0.494 e. The van der Waals surface area contributed by atoms with Gasteiger partial charge < -0.3 is 19.9 Å². The first-order valence-electron chi connectivity index (χ1n) is 11.9. The summed E-state index contributed by atoms with van der Waals surface area (Å²) in [7, 11) is 5.05. The smallest absolute Gasteiger partial charge is 0.257 e. The molecule has 0 atom stereocenters. The molecule has 2 aromatic heterocycles. The van der Waals surface area contributed by atoms with Gasteiger partial charge in [-0.3, -0.25) is 9.69 Å². The molecule has 0 saturated carbocycles. The van der Waals surface area contributed by atoms with Crippen molar-refractivity contribution in [3.63, 3.8) is 0 Å². The van der Waals surface area contributed by atoms with Gasteiger partial charge >= 0.3 is 0 Å². The Morgan fingerprint density at radius 1 is 1.17 bits per heavy atom. The van der Waals surface area contributed by atoms with Crippen molar-refractivity contribution in [3.8, 4) is 5.75 Å². The molecule has 1 aromatic carbocycles. The molecule has 0 unspecified atom stereocenters. The van der Waals surface area contributed by atoms with Gasteiger partial charge in [0, 0.05) is 70.2 Å². The fraction of sp³-hybridized carbons (Fsp3) is 0.423. The Labute approximate surface area is 205 Å². The maximum atomic E-state index is 13.5. The lowest BCUT2D eigenvalue weighted by Gasteiger charge is -2.36. The first-order chi connectivity index (χ1) is 16.9. The van der Waals surface area contributed by atoms with Crippen LogP contribution in [0, 0.1) is 12.7 Å². The minimum Gasteiger partial charge on any atom is -0.494 e. The van der Waals surface area contributed by atoms with Gasteiger partial charge in [0.15, 0.2) is 5.65 Å². The molecule has 1 N–H and O–H groups in total. The van der Waals surface area contributed by atoms with E-state index < -0.39 is 0 Å². The maximum Gasteiger partial charge on any atom is 0.257 e. The number of amides is 1. The van der Waals surface area contributed by atoms with Crippen LogP contribution in [0.5, 0.6) is 5.75 Å². The van der Waals surface area contributed by atoms with Crippen LogP contribution in [0.4, 0.5) is 15.8 Å². The molecule has 3 aromatic rings. The van der Waals surface area contributed by atoms with Gasteiger partial charge in [-0.05, 0) is 44.2 Å². The third kappa shape index (κ3) is 5.62. The average molecular weight is 481 g/mol. The summed E-state index contributed by atoms with van der Waals surface area (Å²) in [6, 6.07) is 8.61. The highest BCUT2D eigenvalue weighted by molar-refractivity contribution is 6.06. The first kappa shape index (κ1) is 24.7. The second kappa shape index (κ2) is 10.9. The lowest BCUT2D eigenvalue weighted by atomic mass is 10.1. The number of nitrogens with zero attached hydrogens (tertiary/aromatic N) is 5. The molecule has 3 heterocycles. The lowest BCUT2D eigenvalue weighted by Crippen LogP contribution is -2.47. The Bertz CT molecular complexity index is 1190. The highest BCUT2D eigenvalue weighted by atomic mass is 19.1. The molecule has 1 fully saturated rings. The molecule has 35 heavy (non-hydrogen) atoms. The van der Waals surface area contributed by atoms with Crippen LogP contribution in [0.1, 0.15) is 22.5 Å². The van der Waals surface area contributed by atoms with Crippen LogP contribution in [0.3, 0.4) is 0 Å². The molecule has 1 amide bonds. The number of carbonyl (C=O) groups excluding carboxylic acids is 1. The number of methoxy groups -OCH3 is 1. The van der Waals surface area contributed by atoms with Gasteiger partial charge in [0.05, 0.1) is 24.0 Å². The van der Waals surface area contributed by atoms with Crippen LogP contribution in [-0.2, 0) is 0 Å². The van der Waals surface area contributed by atoms with E-state index in [1.54, 1.807) is 38.4 Å². The Kier molecular flexibility index (Phi) is 7.65. The highest BCUT2D eigenvalue weighted by Gasteiger charge is 2.21. The maximum absolute atomic E-state index is 13.5. The molecule has 0 spiro atoms. The van der Waals surface area contributed by atoms with E-state index in [9.17, 15) is 9.18 Å². The zero-order valence-corrected chi connectivity index (χ0v) is 20.8. The zero-order valence-electron chi connectivity index (χ0n) is 20.8. The minimum absolute atomic E-state index is 0.0881. The van der Waals surface area contributed by atoms with Crippen molar-refractivity contribution in [1.29, 1.82) is 0 Å². The van der Waals surface area contributed by atoms with E-state index in [-0.39, 0.29) is 11.7 Å². The number of fused-ring (bicyclic) bond motifs is 1. The Morgan fingerprint density at radius 3 is 2.66 bits per heavy atom. The molecule has 4 rings (SSSR count). The summed E-state index contributed by atoms with van der Waals surface area (Å²) in [4.78, 5) is 27.9. The van der Waals surface area contributed by atoms with E-state index >= 15 is 0 Å². The predicted octanol–water partition coefficient (Wildman–Crippen LogP) is 3.41. The summed E-state index contributed by atoms with van der Waals surface area (Å²) in [5, 5.41) is 4.34. The Balaban J connectivity index is 1.35. The van der Waals surface area contributed by atoms with Crippen LogP contribution in [0.2, 0.25) is 0 Å². The van der Waals surface area contributed by atoms with Crippen molar-refractivity contribution in [2.24, 2.45) is 0 Å². The van der Waals surface area contributed by atoms with Crippen molar-refractivity contribution in [3.05, 3.63) is 53.6 Å². The number of pyridine rings is 2. The zero-order chi connectivity index (χ0) is 24.9. The van der Waals surface area contributed by atoms with Crippen molar-refractivity contribution in [1.82, 2.24) is 19.8 Å². The quantitative estimate of drug-likeness (QED) is 0.495. The number of carbonyl (C=O) groups is 1. The normalized spacial score (nSPS) is 14.3. The molecule has 0 aliphatic carbocycles. The number of rotatable bonds is 8. The number of aryl methyl sites for hydroxylation is 1. The van der Waals surface area contributed by atoms with E-state index in [0.29, 0.717) is 17.0 Å². The summed E-state index contributed by atoms with van der Waals surface area (Å²) < 4.78 is 18.9. The molecule has 8 nitrogen and oxygen atoms in total. The fourth-order valence-corrected chi connectivity index (χ4v) is 4.41. The standard InChI is InChI=1S/C26H33FN6O2/c1-18-6-8-20-24(21(26(34)31(2)3)17-29-25(20)30-18)28-10-5-11-32-12-14-33(15-13-32)22-9-7-19(27)16-23(22)35-4/h6-9,16-17H,5,10-15H2,1-4H3,(H,28,29,30). The number of hydrogen-bond donors (Lipinski definition) is 1. The molecule has 1 aliphatic heterocycles. The molecular weight excluding hydrogens is 447 g/mol. The fourth-order valence-electron chi connectivity index (χ4n) is 4.41. The SMILES string of the molecule is COc1cc(F)ccc1N1CCN(CCCNc2c(C(=O)N(C)C)cnc3nc(C)ccc23)CC1. The number of nitrogens with one attached hydrogen (secondary N) is 1. The lowest BCUT2D eigenvalue weighted by molar-refractivity contribution is 0.0828. The molecule has 1 aliphatic rings. The van der Waals surface area contributed by atoms with Crippen molar-refractivity contribution in [2.75, 3.05) is 70.7 Å². The van der Waals surface area contributed by atoms with Gasteiger partial charge in [-0.2, -0.15) is 0 Å². The topological polar surface area (TPSA) is 73.8 Å². The molecule has 0 bridgehead atoms. The van der Waals surface area contributed by atoms with Crippen LogP contribution in [-0.4, -0.2) is 86.1 Å². The Morgan fingerprint density at radius 2 is 1.94 bits per heavy atom. The highest BCUT2D eigenvalue weighted by Crippen LogP contribution is 2.30.